The fourth-order valence-electron chi connectivity index (χ4n) is 6.02. The molecule has 0 saturated carbocycles. The molecule has 3 saturated heterocycles. The predicted octanol–water partition coefficient (Wildman–Crippen LogP) is 0.871. The summed E-state index contributed by atoms with van der Waals surface area (Å²) in [6.45, 7) is 1.82. The van der Waals surface area contributed by atoms with Crippen LogP contribution in [0, 0.1) is 0 Å². The second-order valence-corrected chi connectivity index (χ2v) is 16.9. The van der Waals surface area contributed by atoms with E-state index in [0.29, 0.717) is 31.2 Å². The first-order chi connectivity index (χ1) is 22.4. The number of esters is 1. The zero-order valence-corrected chi connectivity index (χ0v) is 29.0. The van der Waals surface area contributed by atoms with Crippen LogP contribution in [0.4, 0.5) is 0 Å². The van der Waals surface area contributed by atoms with Crippen LogP contribution in [-0.2, 0) is 44.5 Å². The number of nitrogens with zero attached hydrogens (tertiary/aromatic N) is 2. The molecule has 3 aliphatic rings. The first kappa shape index (κ1) is 36.8. The molecule has 5 amide bonds. The van der Waals surface area contributed by atoms with Crippen LogP contribution < -0.4 is 16.0 Å². The smallest absolute Gasteiger partial charge is 0.329 e. The van der Waals surface area contributed by atoms with E-state index in [1.165, 1.54) is 45.4 Å². The van der Waals surface area contributed by atoms with Crippen molar-refractivity contribution in [1.29, 1.82) is 0 Å². The van der Waals surface area contributed by atoms with E-state index in [2.05, 4.69) is 16.0 Å². The van der Waals surface area contributed by atoms with Crippen LogP contribution in [0.5, 0.6) is 0 Å². The number of carbonyl (C=O) groups excluding carboxylic acids is 6. The highest BCUT2D eigenvalue weighted by Crippen LogP contribution is 2.47. The molecule has 4 rings (SSSR count). The minimum Gasteiger partial charge on any atom is -0.467 e. The minimum atomic E-state index is -4.23. The molecule has 1 aromatic carbocycles. The summed E-state index contributed by atoms with van der Waals surface area (Å²) in [6, 6.07) is 5.04. The third-order valence-electron chi connectivity index (χ3n) is 8.46. The third-order valence-corrected chi connectivity index (χ3v) is 13.0. The van der Waals surface area contributed by atoms with E-state index in [1.807, 2.05) is 0 Å². The molecule has 1 aromatic rings. The summed E-state index contributed by atoms with van der Waals surface area (Å²) >= 11 is 0. The predicted molar refractivity (Wildman–Crippen MR) is 177 cm³/mol. The van der Waals surface area contributed by atoms with Gasteiger partial charge in [0.2, 0.25) is 36.9 Å². The van der Waals surface area contributed by atoms with E-state index < -0.39 is 79.0 Å². The topological polar surface area (TPSA) is 192 Å². The van der Waals surface area contributed by atoms with Crippen LogP contribution in [0.15, 0.2) is 30.3 Å². The van der Waals surface area contributed by atoms with Gasteiger partial charge in [0, 0.05) is 50.5 Å². The van der Waals surface area contributed by atoms with Gasteiger partial charge in [-0.25, -0.2) is 4.79 Å². The Balaban J connectivity index is 1.65. The molecule has 0 aromatic heterocycles. The number of carbonyl (C=O) groups is 6. The number of benzene rings is 1. The lowest BCUT2D eigenvalue weighted by Gasteiger charge is -2.31. The van der Waals surface area contributed by atoms with Crippen molar-refractivity contribution in [2.45, 2.75) is 75.4 Å². The molecule has 14 nitrogen and oxygen atoms in total. The fraction of sp³-hybridized carbons (Fsp3) is 0.600. The monoisotopic (exact) mass is 711 g/mol. The van der Waals surface area contributed by atoms with Crippen LogP contribution in [0.25, 0.3) is 0 Å². The molecule has 0 radical (unpaired) electrons. The largest absolute Gasteiger partial charge is 0.467 e. The highest BCUT2D eigenvalue weighted by atomic mass is 33.1. The zero-order chi connectivity index (χ0) is 34.1. The van der Waals surface area contributed by atoms with Crippen molar-refractivity contribution < 1.29 is 43.0 Å². The molecule has 0 spiro atoms. The van der Waals surface area contributed by atoms with Crippen molar-refractivity contribution >= 4 is 64.5 Å². The van der Waals surface area contributed by atoms with Gasteiger partial charge in [-0.15, -0.1) is 0 Å². The Labute approximate surface area is 281 Å². The van der Waals surface area contributed by atoms with E-state index in [4.69, 9.17) is 4.74 Å². The van der Waals surface area contributed by atoms with Gasteiger partial charge in [0.1, 0.15) is 30.0 Å². The van der Waals surface area contributed by atoms with Gasteiger partial charge in [0.15, 0.2) is 0 Å². The first-order valence-electron chi connectivity index (χ1n) is 15.6. The number of hydrogen-bond acceptors (Lipinski definition) is 10. The number of rotatable bonds is 4. The molecule has 0 bridgehead atoms. The lowest BCUT2D eigenvalue weighted by atomic mass is 10.1. The van der Waals surface area contributed by atoms with Crippen LogP contribution in [0.3, 0.4) is 0 Å². The van der Waals surface area contributed by atoms with Gasteiger partial charge in [-0.1, -0.05) is 51.9 Å². The standard InChI is InChI=1S/C30H42N5O9PS2/c1-19(36)31-21-17-46-47-18-22(30(41)44-2)32-27(38)23-10-6-13-34(23)26(37)12-15-45(42,43)25(16-20-8-4-3-5-9-20)33-28(39)24-11-7-14-35(24)29(21)40/h3-5,8-9,21-25H,6-7,10-18H2,1-2H3,(H,31,36)(H,32,38)(H,33,39)(H,42,43)/t21-,22-,23-,24-,25+/m0/s1. The van der Waals surface area contributed by atoms with Crippen molar-refractivity contribution in [2.24, 2.45) is 0 Å². The van der Waals surface area contributed by atoms with Crippen LogP contribution in [-0.4, -0.2) is 118 Å². The Morgan fingerprint density at radius 2 is 1.60 bits per heavy atom. The van der Waals surface area contributed by atoms with E-state index in [9.17, 15) is 38.2 Å². The molecule has 17 heteroatoms. The average Bonchev–Trinajstić information content (AvgIpc) is 3.74. The number of amides is 5. The van der Waals surface area contributed by atoms with E-state index in [0.717, 1.165) is 0 Å². The Kier molecular flexibility index (Phi) is 13.2. The third kappa shape index (κ3) is 9.74. The Morgan fingerprint density at radius 3 is 2.26 bits per heavy atom. The molecule has 1 unspecified atom stereocenters. The van der Waals surface area contributed by atoms with Gasteiger partial charge < -0.3 is 35.4 Å². The van der Waals surface area contributed by atoms with Crippen LogP contribution in [0.2, 0.25) is 0 Å². The van der Waals surface area contributed by atoms with Crippen LogP contribution >= 0.6 is 29.0 Å². The van der Waals surface area contributed by atoms with Crippen molar-refractivity contribution in [1.82, 2.24) is 25.8 Å². The van der Waals surface area contributed by atoms with Gasteiger partial charge in [-0.2, -0.15) is 0 Å². The van der Waals surface area contributed by atoms with E-state index in [1.54, 1.807) is 30.3 Å². The molecule has 6 atom stereocenters. The Morgan fingerprint density at radius 1 is 0.979 bits per heavy atom. The maximum Gasteiger partial charge on any atom is 0.329 e. The van der Waals surface area contributed by atoms with Crippen molar-refractivity contribution in [3.05, 3.63) is 35.9 Å². The number of nitrogens with one attached hydrogen (secondary N) is 3. The van der Waals surface area contributed by atoms with Gasteiger partial charge in [-0.3, -0.25) is 28.5 Å². The normalized spacial score (nSPS) is 30.1. The van der Waals surface area contributed by atoms with Crippen LogP contribution in [0.1, 0.15) is 44.6 Å². The summed E-state index contributed by atoms with van der Waals surface area (Å²) in [5.74, 6) is -4.28. The van der Waals surface area contributed by atoms with Crippen molar-refractivity contribution in [3.63, 3.8) is 0 Å². The van der Waals surface area contributed by atoms with Gasteiger partial charge in [-0.05, 0) is 31.2 Å². The number of hydrogen-bond donors (Lipinski definition) is 4. The molecule has 4 N–H and O–H groups in total. The minimum absolute atomic E-state index is 0.0151. The first-order valence-corrected chi connectivity index (χ1v) is 20.0. The summed E-state index contributed by atoms with van der Waals surface area (Å²) in [5, 5.41) is 8.07. The van der Waals surface area contributed by atoms with E-state index >= 15 is 0 Å². The van der Waals surface area contributed by atoms with Crippen molar-refractivity contribution in [3.8, 4) is 0 Å². The number of ether oxygens (including phenoxy) is 1. The highest BCUT2D eigenvalue weighted by molar-refractivity contribution is 8.76. The lowest BCUT2D eigenvalue weighted by molar-refractivity contribution is -0.145. The molecular formula is C30H42N5O9PS2. The Bertz CT molecular complexity index is 1390. The summed E-state index contributed by atoms with van der Waals surface area (Å²) in [6.07, 6.45) is 0.983. The molecule has 3 heterocycles. The highest BCUT2D eigenvalue weighted by Gasteiger charge is 2.42. The number of fused-ring (bicyclic) bond motifs is 2. The quantitative estimate of drug-likeness (QED) is 0.197. The zero-order valence-electron chi connectivity index (χ0n) is 26.4. The Hall–Kier alpha value is -3.07. The molecule has 3 aliphatic heterocycles. The van der Waals surface area contributed by atoms with Gasteiger partial charge in [0.05, 0.1) is 7.11 Å². The summed E-state index contributed by atoms with van der Waals surface area (Å²) in [4.78, 5) is 92.8. The lowest BCUT2D eigenvalue weighted by Crippen LogP contribution is -2.55. The summed E-state index contributed by atoms with van der Waals surface area (Å²) in [7, 11) is -0.627. The van der Waals surface area contributed by atoms with E-state index in [-0.39, 0.29) is 37.4 Å². The molecular weight excluding hydrogens is 669 g/mol. The summed E-state index contributed by atoms with van der Waals surface area (Å²) in [5.41, 5.74) is 0.698. The second-order valence-electron chi connectivity index (χ2n) is 11.8. The van der Waals surface area contributed by atoms with Crippen molar-refractivity contribution in [2.75, 3.05) is 37.9 Å². The maximum absolute atomic E-state index is 13.9. The molecule has 47 heavy (non-hydrogen) atoms. The average molecular weight is 712 g/mol. The molecule has 0 aliphatic carbocycles. The molecule has 3 fully saturated rings. The second kappa shape index (κ2) is 16.8. The molecule has 258 valence electrons. The maximum atomic E-state index is 13.9. The van der Waals surface area contributed by atoms with Gasteiger partial charge in [0.25, 0.3) is 0 Å². The van der Waals surface area contributed by atoms with Gasteiger partial charge >= 0.3 is 5.97 Å². The summed E-state index contributed by atoms with van der Waals surface area (Å²) < 4.78 is 18.8. The number of methoxy groups -OCH3 is 1. The SMILES string of the molecule is COC(=O)[C@@H]1CSSC[C@H](NC(C)=O)C(=O)N2CCC[C@H]2C(=O)N[C@@H](Cc2ccccc2)P(=O)(O)CCC(=O)N2CCC[C@H]2C(=O)N1. The fourth-order valence-corrected chi connectivity index (χ4v) is 9.97.